The van der Waals surface area contributed by atoms with Gasteiger partial charge in [-0.1, -0.05) is 18.2 Å². The molecule has 0 radical (unpaired) electrons. The highest BCUT2D eigenvalue weighted by Gasteiger charge is 2.02. The van der Waals surface area contributed by atoms with Crippen LogP contribution in [0.4, 0.5) is 0 Å². The molecule has 0 amide bonds. The van der Waals surface area contributed by atoms with Crippen LogP contribution in [0.25, 0.3) is 0 Å². The number of benzene rings is 1. The molecule has 1 aliphatic heterocycles. The first-order valence-electron chi connectivity index (χ1n) is 5.41. The molecular weight excluding hydrogens is 236 g/mol. The molecular formula is C12H17ClN4. The maximum atomic E-state index is 4.19. The molecule has 1 heterocycles. The Labute approximate surface area is 108 Å². The highest BCUT2D eigenvalue weighted by atomic mass is 35.5. The SMILES string of the molecule is Cc1cccc(C)c1/C=N/NC1=NCCN1.Cl. The second-order valence-electron chi connectivity index (χ2n) is 3.83. The van der Waals surface area contributed by atoms with Gasteiger partial charge in [0, 0.05) is 12.1 Å². The van der Waals surface area contributed by atoms with Gasteiger partial charge in [0.1, 0.15) is 0 Å². The van der Waals surface area contributed by atoms with Crippen LogP contribution in [0.3, 0.4) is 0 Å². The molecule has 17 heavy (non-hydrogen) atoms. The minimum atomic E-state index is 0. The highest BCUT2D eigenvalue weighted by Crippen LogP contribution is 2.09. The lowest BCUT2D eigenvalue weighted by atomic mass is 10.0. The number of hydrazone groups is 1. The second-order valence-corrected chi connectivity index (χ2v) is 3.83. The van der Waals surface area contributed by atoms with E-state index in [0.29, 0.717) is 0 Å². The van der Waals surface area contributed by atoms with Crippen molar-refractivity contribution in [2.75, 3.05) is 13.1 Å². The molecule has 2 rings (SSSR count). The molecule has 0 spiro atoms. The molecule has 0 atom stereocenters. The number of aryl methyl sites for hydroxylation is 2. The summed E-state index contributed by atoms with van der Waals surface area (Å²) in [5.74, 6) is 0.752. The zero-order valence-electron chi connectivity index (χ0n) is 10.0. The largest absolute Gasteiger partial charge is 0.353 e. The Balaban J connectivity index is 0.00000144. The van der Waals surface area contributed by atoms with Gasteiger partial charge >= 0.3 is 0 Å². The Morgan fingerprint density at radius 1 is 1.35 bits per heavy atom. The smallest absolute Gasteiger partial charge is 0.212 e. The maximum Gasteiger partial charge on any atom is 0.212 e. The zero-order chi connectivity index (χ0) is 11.4. The van der Waals surface area contributed by atoms with Crippen molar-refractivity contribution in [3.8, 4) is 0 Å². The summed E-state index contributed by atoms with van der Waals surface area (Å²) < 4.78 is 0. The molecule has 92 valence electrons. The van der Waals surface area contributed by atoms with Crippen LogP contribution in [0, 0.1) is 13.8 Å². The van der Waals surface area contributed by atoms with Crippen molar-refractivity contribution in [3.05, 3.63) is 34.9 Å². The van der Waals surface area contributed by atoms with Crippen molar-refractivity contribution in [2.45, 2.75) is 13.8 Å². The quantitative estimate of drug-likeness (QED) is 0.621. The van der Waals surface area contributed by atoms with Crippen LogP contribution in [-0.4, -0.2) is 25.3 Å². The van der Waals surface area contributed by atoms with E-state index in [9.17, 15) is 0 Å². The van der Waals surface area contributed by atoms with E-state index in [1.165, 1.54) is 11.1 Å². The Morgan fingerprint density at radius 2 is 2.06 bits per heavy atom. The van der Waals surface area contributed by atoms with Gasteiger partial charge in [0.15, 0.2) is 0 Å². The molecule has 1 aromatic carbocycles. The lowest BCUT2D eigenvalue weighted by Crippen LogP contribution is -2.30. The molecule has 0 saturated heterocycles. The molecule has 0 bridgehead atoms. The van der Waals surface area contributed by atoms with E-state index in [0.717, 1.165) is 24.6 Å². The van der Waals surface area contributed by atoms with Gasteiger partial charge in [0.25, 0.3) is 0 Å². The summed E-state index contributed by atoms with van der Waals surface area (Å²) in [6, 6.07) is 6.22. The first-order chi connectivity index (χ1) is 7.77. The van der Waals surface area contributed by atoms with Gasteiger partial charge in [-0.2, -0.15) is 5.10 Å². The molecule has 4 nitrogen and oxygen atoms in total. The predicted molar refractivity (Wildman–Crippen MR) is 74.2 cm³/mol. The lowest BCUT2D eigenvalue weighted by Gasteiger charge is -2.04. The number of nitrogens with one attached hydrogen (secondary N) is 2. The van der Waals surface area contributed by atoms with Gasteiger partial charge in [0.2, 0.25) is 5.96 Å². The molecule has 0 saturated carbocycles. The third-order valence-electron chi connectivity index (χ3n) is 2.58. The molecule has 1 aromatic rings. The minimum absolute atomic E-state index is 0. The topological polar surface area (TPSA) is 48.8 Å². The van der Waals surface area contributed by atoms with E-state index >= 15 is 0 Å². The van der Waals surface area contributed by atoms with Gasteiger partial charge in [-0.05, 0) is 25.0 Å². The number of nitrogens with zero attached hydrogens (tertiary/aromatic N) is 2. The molecule has 1 aliphatic rings. The normalized spacial score (nSPS) is 14.1. The average Bonchev–Trinajstić information content (AvgIpc) is 2.75. The van der Waals surface area contributed by atoms with Crippen LogP contribution in [-0.2, 0) is 0 Å². The summed E-state index contributed by atoms with van der Waals surface area (Å²) in [5.41, 5.74) is 6.51. The maximum absolute atomic E-state index is 4.19. The van der Waals surface area contributed by atoms with E-state index in [4.69, 9.17) is 0 Å². The summed E-state index contributed by atoms with van der Waals surface area (Å²) in [7, 11) is 0. The number of rotatable bonds is 2. The molecule has 0 aromatic heterocycles. The third-order valence-corrected chi connectivity index (χ3v) is 2.58. The van der Waals surface area contributed by atoms with Gasteiger partial charge in [0.05, 0.1) is 12.8 Å². The Bertz CT molecular complexity index is 420. The second kappa shape index (κ2) is 6.25. The van der Waals surface area contributed by atoms with Gasteiger partial charge in [-0.3, -0.25) is 0 Å². The van der Waals surface area contributed by atoms with Crippen LogP contribution < -0.4 is 10.7 Å². The van der Waals surface area contributed by atoms with Crippen molar-refractivity contribution in [1.82, 2.24) is 10.7 Å². The average molecular weight is 253 g/mol. The lowest BCUT2D eigenvalue weighted by molar-refractivity contribution is 0.919. The van der Waals surface area contributed by atoms with Crippen LogP contribution in [0.5, 0.6) is 0 Å². The van der Waals surface area contributed by atoms with E-state index < -0.39 is 0 Å². The Hall–Kier alpha value is -1.55. The number of halogens is 1. The summed E-state index contributed by atoms with van der Waals surface area (Å²) >= 11 is 0. The van der Waals surface area contributed by atoms with Crippen molar-refractivity contribution in [2.24, 2.45) is 10.1 Å². The Kier molecular flexibility index (Phi) is 4.97. The minimum Gasteiger partial charge on any atom is -0.353 e. The van der Waals surface area contributed by atoms with Gasteiger partial charge < -0.3 is 5.32 Å². The number of hydrogen-bond donors (Lipinski definition) is 2. The summed E-state index contributed by atoms with van der Waals surface area (Å²) in [5, 5.41) is 7.27. The predicted octanol–water partition coefficient (Wildman–Crippen LogP) is 1.61. The number of aliphatic imine (C=N–C) groups is 1. The van der Waals surface area contributed by atoms with E-state index in [2.05, 4.69) is 52.9 Å². The molecule has 5 heteroatoms. The zero-order valence-corrected chi connectivity index (χ0v) is 10.8. The fourth-order valence-electron chi connectivity index (χ4n) is 1.66. The summed E-state index contributed by atoms with van der Waals surface area (Å²) in [6.45, 7) is 5.88. The molecule has 2 N–H and O–H groups in total. The number of hydrogen-bond acceptors (Lipinski definition) is 4. The standard InChI is InChI=1S/C12H16N4.ClH/c1-9-4-3-5-10(2)11(9)8-15-16-12-13-6-7-14-12;/h3-5,8H,6-7H2,1-2H3,(H2,13,14,16);1H/b15-8+;. The van der Waals surface area contributed by atoms with Crippen LogP contribution in [0.1, 0.15) is 16.7 Å². The van der Waals surface area contributed by atoms with Crippen LogP contribution >= 0.6 is 12.4 Å². The molecule has 0 aliphatic carbocycles. The highest BCUT2D eigenvalue weighted by molar-refractivity contribution is 5.86. The van der Waals surface area contributed by atoms with Crippen LogP contribution in [0.2, 0.25) is 0 Å². The third kappa shape index (κ3) is 3.46. The van der Waals surface area contributed by atoms with Crippen molar-refractivity contribution in [3.63, 3.8) is 0 Å². The Morgan fingerprint density at radius 3 is 2.65 bits per heavy atom. The van der Waals surface area contributed by atoms with Crippen molar-refractivity contribution < 1.29 is 0 Å². The summed E-state index contributed by atoms with van der Waals surface area (Å²) in [6.07, 6.45) is 1.84. The fraction of sp³-hybridized carbons (Fsp3) is 0.333. The van der Waals surface area contributed by atoms with E-state index in [1.54, 1.807) is 0 Å². The van der Waals surface area contributed by atoms with Crippen molar-refractivity contribution >= 4 is 24.6 Å². The first kappa shape index (κ1) is 13.5. The first-order valence-corrected chi connectivity index (χ1v) is 5.41. The molecule has 0 unspecified atom stereocenters. The van der Waals surface area contributed by atoms with Gasteiger partial charge in [-0.15, -0.1) is 12.4 Å². The van der Waals surface area contributed by atoms with Gasteiger partial charge in [-0.25, -0.2) is 10.4 Å². The molecule has 0 fully saturated rings. The number of guanidine groups is 1. The van der Waals surface area contributed by atoms with Crippen LogP contribution in [0.15, 0.2) is 28.3 Å². The van der Waals surface area contributed by atoms with Crippen molar-refractivity contribution in [1.29, 1.82) is 0 Å². The fourth-order valence-corrected chi connectivity index (χ4v) is 1.66. The van der Waals surface area contributed by atoms with E-state index in [1.807, 2.05) is 6.21 Å². The summed E-state index contributed by atoms with van der Waals surface area (Å²) in [4.78, 5) is 4.19. The van der Waals surface area contributed by atoms with E-state index in [-0.39, 0.29) is 12.4 Å². The monoisotopic (exact) mass is 252 g/mol.